The molecule has 124 valence electrons. The topological polar surface area (TPSA) is 32.3 Å². The molecule has 1 amide bonds. The predicted octanol–water partition coefficient (Wildman–Crippen LogP) is 3.11. The first-order valence-electron chi connectivity index (χ1n) is 8.87. The second-order valence-electron chi connectivity index (χ2n) is 7.23. The zero-order valence-electron chi connectivity index (χ0n) is 14.0. The lowest BCUT2D eigenvalue weighted by atomic mass is 9.86. The van der Waals surface area contributed by atoms with Gasteiger partial charge in [0, 0.05) is 25.0 Å². The smallest absolute Gasteiger partial charge is 0.227 e. The minimum Gasteiger partial charge on any atom is -0.342 e. The van der Waals surface area contributed by atoms with E-state index in [1.54, 1.807) is 0 Å². The summed E-state index contributed by atoms with van der Waals surface area (Å²) in [5.41, 5.74) is 3.87. The molecule has 1 atom stereocenters. The van der Waals surface area contributed by atoms with E-state index in [1.165, 1.54) is 17.5 Å². The molecule has 2 saturated heterocycles. The Balaban J connectivity index is 1.39. The van der Waals surface area contributed by atoms with Crippen molar-refractivity contribution in [1.82, 2.24) is 10.2 Å². The van der Waals surface area contributed by atoms with Crippen molar-refractivity contribution < 1.29 is 4.79 Å². The third-order valence-corrected chi connectivity index (χ3v) is 5.54. The Bertz CT molecular complexity index is 702. The van der Waals surface area contributed by atoms with Gasteiger partial charge in [-0.3, -0.25) is 4.79 Å². The van der Waals surface area contributed by atoms with Crippen LogP contribution < -0.4 is 5.32 Å². The van der Waals surface area contributed by atoms with Gasteiger partial charge < -0.3 is 10.2 Å². The minimum absolute atomic E-state index is 0.270. The molecule has 0 saturated carbocycles. The highest BCUT2D eigenvalue weighted by Crippen LogP contribution is 2.36. The van der Waals surface area contributed by atoms with E-state index >= 15 is 0 Å². The van der Waals surface area contributed by atoms with Gasteiger partial charge in [0.05, 0.1) is 6.42 Å². The number of benzene rings is 2. The van der Waals surface area contributed by atoms with E-state index in [1.807, 2.05) is 18.2 Å². The van der Waals surface area contributed by atoms with Gasteiger partial charge >= 0.3 is 0 Å². The van der Waals surface area contributed by atoms with E-state index in [4.69, 9.17) is 0 Å². The molecule has 2 aliphatic heterocycles. The number of likely N-dealkylation sites (tertiary alicyclic amines) is 1. The molecule has 3 heteroatoms. The van der Waals surface area contributed by atoms with E-state index in [0.717, 1.165) is 38.2 Å². The van der Waals surface area contributed by atoms with Crippen LogP contribution in [0.15, 0.2) is 54.6 Å². The number of carbonyl (C=O) groups excluding carboxylic acids is 1. The van der Waals surface area contributed by atoms with E-state index in [0.29, 0.717) is 11.8 Å². The molecule has 1 spiro atoms. The molecular formula is C21H24N2O. The standard InChI is InChI=1S/C21H24N2O/c24-20(23-13-11-21(16-23)10-12-22-15-21)14-17-6-8-19(9-7-17)18-4-2-1-3-5-18/h1-9,22H,10-16H2. The van der Waals surface area contributed by atoms with Gasteiger partial charge in [-0.15, -0.1) is 0 Å². The van der Waals surface area contributed by atoms with Crippen molar-refractivity contribution in [2.45, 2.75) is 19.3 Å². The number of rotatable bonds is 3. The van der Waals surface area contributed by atoms with Crippen molar-refractivity contribution in [3.05, 3.63) is 60.2 Å². The number of nitrogens with zero attached hydrogens (tertiary/aromatic N) is 1. The molecule has 0 bridgehead atoms. The van der Waals surface area contributed by atoms with Crippen molar-refractivity contribution >= 4 is 5.91 Å². The third kappa shape index (κ3) is 3.09. The van der Waals surface area contributed by atoms with Crippen LogP contribution in [0.2, 0.25) is 0 Å². The molecule has 24 heavy (non-hydrogen) atoms. The molecular weight excluding hydrogens is 296 g/mol. The molecule has 0 aliphatic carbocycles. The average molecular weight is 320 g/mol. The summed E-state index contributed by atoms with van der Waals surface area (Å²) in [5, 5.41) is 3.45. The monoisotopic (exact) mass is 320 g/mol. The van der Waals surface area contributed by atoms with Crippen LogP contribution in [0.1, 0.15) is 18.4 Å². The van der Waals surface area contributed by atoms with Crippen LogP contribution in [-0.4, -0.2) is 37.0 Å². The summed E-state index contributed by atoms with van der Waals surface area (Å²) >= 11 is 0. The molecule has 4 rings (SSSR count). The van der Waals surface area contributed by atoms with Crippen molar-refractivity contribution in [3.8, 4) is 11.1 Å². The number of hydrogen-bond donors (Lipinski definition) is 1. The van der Waals surface area contributed by atoms with E-state index < -0.39 is 0 Å². The number of hydrogen-bond acceptors (Lipinski definition) is 2. The minimum atomic E-state index is 0.270. The summed E-state index contributed by atoms with van der Waals surface area (Å²) in [6, 6.07) is 18.8. The van der Waals surface area contributed by atoms with Gasteiger partial charge in [0.1, 0.15) is 0 Å². The lowest BCUT2D eigenvalue weighted by Crippen LogP contribution is -2.34. The maximum atomic E-state index is 12.6. The van der Waals surface area contributed by atoms with Crippen molar-refractivity contribution in [1.29, 1.82) is 0 Å². The highest BCUT2D eigenvalue weighted by atomic mass is 16.2. The SMILES string of the molecule is O=C(Cc1ccc(-c2ccccc2)cc1)N1CCC2(CCNC2)C1. The van der Waals surface area contributed by atoms with Gasteiger partial charge in [-0.25, -0.2) is 0 Å². The van der Waals surface area contributed by atoms with Crippen molar-refractivity contribution in [2.24, 2.45) is 5.41 Å². The molecule has 0 radical (unpaired) electrons. The van der Waals surface area contributed by atoms with Crippen LogP contribution in [0.25, 0.3) is 11.1 Å². The maximum Gasteiger partial charge on any atom is 0.227 e. The number of carbonyl (C=O) groups is 1. The van der Waals surface area contributed by atoms with Crippen LogP contribution in [-0.2, 0) is 11.2 Å². The Hall–Kier alpha value is -2.13. The summed E-state index contributed by atoms with van der Waals surface area (Å²) in [7, 11) is 0. The van der Waals surface area contributed by atoms with Gasteiger partial charge in [-0.1, -0.05) is 54.6 Å². The second kappa shape index (κ2) is 6.40. The van der Waals surface area contributed by atoms with Crippen LogP contribution in [0.4, 0.5) is 0 Å². The zero-order valence-corrected chi connectivity index (χ0v) is 14.0. The molecule has 2 aromatic carbocycles. The quantitative estimate of drug-likeness (QED) is 0.942. The van der Waals surface area contributed by atoms with Crippen LogP contribution in [0.3, 0.4) is 0 Å². The van der Waals surface area contributed by atoms with E-state index in [-0.39, 0.29) is 5.91 Å². The Morgan fingerprint density at radius 1 is 1.00 bits per heavy atom. The fourth-order valence-corrected chi connectivity index (χ4v) is 4.02. The Morgan fingerprint density at radius 3 is 2.46 bits per heavy atom. The normalized spacial score (nSPS) is 23.1. The lowest BCUT2D eigenvalue weighted by Gasteiger charge is -2.22. The maximum absolute atomic E-state index is 12.6. The van der Waals surface area contributed by atoms with Gasteiger partial charge in [0.2, 0.25) is 5.91 Å². The highest BCUT2D eigenvalue weighted by molar-refractivity contribution is 5.79. The van der Waals surface area contributed by atoms with Gasteiger partial charge in [0.25, 0.3) is 0 Å². The molecule has 2 aromatic rings. The molecule has 3 nitrogen and oxygen atoms in total. The largest absolute Gasteiger partial charge is 0.342 e. The molecule has 2 aliphatic rings. The first kappa shape index (κ1) is 15.4. The molecule has 1 N–H and O–H groups in total. The van der Waals surface area contributed by atoms with Gasteiger partial charge in [-0.2, -0.15) is 0 Å². The van der Waals surface area contributed by atoms with Crippen molar-refractivity contribution in [2.75, 3.05) is 26.2 Å². The van der Waals surface area contributed by atoms with Crippen LogP contribution in [0.5, 0.6) is 0 Å². The summed E-state index contributed by atoms with van der Waals surface area (Å²) in [6.07, 6.45) is 2.87. The van der Waals surface area contributed by atoms with Gasteiger partial charge in [-0.05, 0) is 36.1 Å². The van der Waals surface area contributed by atoms with Gasteiger partial charge in [0.15, 0.2) is 0 Å². The second-order valence-corrected chi connectivity index (χ2v) is 7.23. The molecule has 0 aromatic heterocycles. The Morgan fingerprint density at radius 2 is 1.75 bits per heavy atom. The molecule has 1 unspecified atom stereocenters. The Kier molecular flexibility index (Phi) is 4.11. The first-order valence-corrected chi connectivity index (χ1v) is 8.87. The average Bonchev–Trinajstić information content (AvgIpc) is 3.27. The summed E-state index contributed by atoms with van der Waals surface area (Å²) in [6.45, 7) is 4.02. The van der Waals surface area contributed by atoms with E-state index in [9.17, 15) is 4.79 Å². The zero-order chi connectivity index (χ0) is 16.4. The summed E-state index contributed by atoms with van der Waals surface area (Å²) < 4.78 is 0. The number of amides is 1. The molecule has 2 fully saturated rings. The van der Waals surface area contributed by atoms with Crippen molar-refractivity contribution in [3.63, 3.8) is 0 Å². The summed E-state index contributed by atoms with van der Waals surface area (Å²) in [4.78, 5) is 14.7. The van der Waals surface area contributed by atoms with Crippen LogP contribution in [0, 0.1) is 5.41 Å². The first-order chi connectivity index (χ1) is 11.7. The predicted molar refractivity (Wildman–Crippen MR) is 96.7 cm³/mol. The third-order valence-electron chi connectivity index (χ3n) is 5.54. The summed E-state index contributed by atoms with van der Waals surface area (Å²) in [5.74, 6) is 0.270. The fourth-order valence-electron chi connectivity index (χ4n) is 4.02. The lowest BCUT2D eigenvalue weighted by molar-refractivity contribution is -0.129. The highest BCUT2D eigenvalue weighted by Gasteiger charge is 2.41. The number of nitrogens with one attached hydrogen (secondary N) is 1. The fraction of sp³-hybridized carbons (Fsp3) is 0.381. The Labute approximate surface area is 143 Å². The molecule has 2 heterocycles. The van der Waals surface area contributed by atoms with Crippen LogP contribution >= 0.6 is 0 Å². The van der Waals surface area contributed by atoms with E-state index in [2.05, 4.69) is 46.6 Å².